The number of methoxy groups -OCH3 is 1. The predicted molar refractivity (Wildman–Crippen MR) is 75.6 cm³/mol. The monoisotopic (exact) mass is 300 g/mol. The molecule has 112 valence electrons. The van der Waals surface area contributed by atoms with E-state index in [4.69, 9.17) is 0 Å². The second-order valence-corrected chi connectivity index (χ2v) is 6.58. The van der Waals surface area contributed by atoms with E-state index in [0.29, 0.717) is 19.4 Å². The molecule has 0 bridgehead atoms. The molecule has 1 aromatic rings. The molecule has 0 radical (unpaired) electrons. The van der Waals surface area contributed by atoms with Gasteiger partial charge in [0.1, 0.15) is 0 Å². The van der Waals surface area contributed by atoms with Crippen LogP contribution in [0.2, 0.25) is 0 Å². The Balaban J connectivity index is 2.41. The molecule has 20 heavy (non-hydrogen) atoms. The fraction of sp³-hybridized carbons (Fsp3) is 0.538. The van der Waals surface area contributed by atoms with E-state index in [-0.39, 0.29) is 18.1 Å². The minimum atomic E-state index is -3.32. The number of ether oxygens (including phenoxy) is 1. The van der Waals surface area contributed by atoms with Gasteiger partial charge in [-0.05, 0) is 18.6 Å². The van der Waals surface area contributed by atoms with E-state index in [1.165, 1.54) is 18.5 Å². The van der Waals surface area contributed by atoms with Crippen LogP contribution in [0.15, 0.2) is 24.4 Å². The highest BCUT2D eigenvalue weighted by Crippen LogP contribution is 2.05. The summed E-state index contributed by atoms with van der Waals surface area (Å²) in [4.78, 5) is 15.0. The number of esters is 1. The van der Waals surface area contributed by atoms with Crippen LogP contribution in [0.4, 0.5) is 0 Å². The van der Waals surface area contributed by atoms with Gasteiger partial charge in [-0.15, -0.1) is 0 Å². The van der Waals surface area contributed by atoms with Gasteiger partial charge >= 0.3 is 5.97 Å². The average Bonchev–Trinajstić information content (AvgIpc) is 2.46. The van der Waals surface area contributed by atoms with E-state index >= 15 is 0 Å². The predicted octanol–water partition coefficient (Wildman–Crippen LogP) is 0.839. The molecule has 0 N–H and O–H groups in total. The molecule has 0 amide bonds. The summed E-state index contributed by atoms with van der Waals surface area (Å²) < 4.78 is 29.8. The second-order valence-electron chi connectivity index (χ2n) is 4.39. The van der Waals surface area contributed by atoms with Crippen LogP contribution in [0, 0.1) is 0 Å². The molecule has 1 rings (SSSR count). The molecular weight excluding hydrogens is 280 g/mol. The Kier molecular flexibility index (Phi) is 6.60. The molecule has 0 aromatic carbocycles. The van der Waals surface area contributed by atoms with Crippen molar-refractivity contribution in [2.45, 2.75) is 19.3 Å². The van der Waals surface area contributed by atoms with Crippen molar-refractivity contribution in [2.24, 2.45) is 0 Å². The first-order chi connectivity index (χ1) is 9.45. The zero-order valence-corrected chi connectivity index (χ0v) is 12.6. The molecule has 0 spiro atoms. The molecule has 6 nitrogen and oxygen atoms in total. The lowest BCUT2D eigenvalue weighted by Crippen LogP contribution is -2.31. The fourth-order valence-corrected chi connectivity index (χ4v) is 2.81. The lowest BCUT2D eigenvalue weighted by molar-refractivity contribution is -0.140. The van der Waals surface area contributed by atoms with Gasteiger partial charge in [0.25, 0.3) is 0 Å². The molecule has 0 saturated heterocycles. The summed E-state index contributed by atoms with van der Waals surface area (Å²) in [7, 11) is -0.488. The molecule has 1 aromatic heterocycles. The van der Waals surface area contributed by atoms with Gasteiger partial charge in [-0.25, -0.2) is 12.7 Å². The van der Waals surface area contributed by atoms with Crippen LogP contribution in [0.1, 0.15) is 18.5 Å². The summed E-state index contributed by atoms with van der Waals surface area (Å²) in [5, 5.41) is 0. The Labute approximate surface area is 119 Å². The van der Waals surface area contributed by atoms with Crippen molar-refractivity contribution in [2.75, 3.05) is 26.5 Å². The first kappa shape index (κ1) is 16.6. The maximum Gasteiger partial charge on any atom is 0.305 e. The normalized spacial score (nSPS) is 11.6. The van der Waals surface area contributed by atoms with Crippen molar-refractivity contribution < 1.29 is 17.9 Å². The van der Waals surface area contributed by atoms with Gasteiger partial charge in [-0.1, -0.05) is 6.07 Å². The third-order valence-electron chi connectivity index (χ3n) is 2.90. The number of carbonyl (C=O) groups is 1. The van der Waals surface area contributed by atoms with Gasteiger partial charge in [-0.2, -0.15) is 0 Å². The number of aryl methyl sites for hydroxylation is 1. The molecule has 0 atom stereocenters. The summed E-state index contributed by atoms with van der Waals surface area (Å²) in [6, 6.07) is 5.42. The van der Waals surface area contributed by atoms with Gasteiger partial charge in [-0.3, -0.25) is 9.78 Å². The number of carbonyl (C=O) groups excluding carboxylic acids is 1. The number of rotatable bonds is 8. The topological polar surface area (TPSA) is 76.6 Å². The molecule has 0 saturated carbocycles. The van der Waals surface area contributed by atoms with Crippen molar-refractivity contribution in [3.8, 4) is 0 Å². The molecule has 0 fully saturated rings. The highest BCUT2D eigenvalue weighted by molar-refractivity contribution is 7.89. The lowest BCUT2D eigenvalue weighted by Gasteiger charge is -2.16. The van der Waals surface area contributed by atoms with Crippen molar-refractivity contribution in [3.63, 3.8) is 0 Å². The third kappa shape index (κ3) is 5.66. The number of hydrogen-bond acceptors (Lipinski definition) is 5. The number of sulfonamides is 1. The van der Waals surface area contributed by atoms with Crippen LogP contribution >= 0.6 is 0 Å². The van der Waals surface area contributed by atoms with Crippen molar-refractivity contribution in [3.05, 3.63) is 30.1 Å². The van der Waals surface area contributed by atoms with Crippen molar-refractivity contribution in [1.82, 2.24) is 9.29 Å². The van der Waals surface area contributed by atoms with E-state index in [9.17, 15) is 13.2 Å². The van der Waals surface area contributed by atoms with Gasteiger partial charge in [0, 0.05) is 38.3 Å². The molecule has 0 unspecified atom stereocenters. The largest absolute Gasteiger partial charge is 0.469 e. The van der Waals surface area contributed by atoms with E-state index in [1.807, 2.05) is 6.07 Å². The Morgan fingerprint density at radius 2 is 2.15 bits per heavy atom. The van der Waals surface area contributed by atoms with Gasteiger partial charge in [0.05, 0.1) is 12.9 Å². The second kappa shape index (κ2) is 7.96. The molecule has 1 heterocycles. The highest BCUT2D eigenvalue weighted by Gasteiger charge is 2.18. The summed E-state index contributed by atoms with van der Waals surface area (Å²) in [5.74, 6) is -0.317. The Morgan fingerprint density at radius 3 is 2.75 bits per heavy atom. The number of pyridine rings is 1. The first-order valence-corrected chi connectivity index (χ1v) is 7.97. The van der Waals surface area contributed by atoms with Crippen LogP contribution < -0.4 is 0 Å². The fourth-order valence-electron chi connectivity index (χ4n) is 1.62. The molecular formula is C13H20N2O4S. The Hall–Kier alpha value is -1.47. The summed E-state index contributed by atoms with van der Waals surface area (Å²) >= 11 is 0. The van der Waals surface area contributed by atoms with Crippen LogP contribution in [0.3, 0.4) is 0 Å². The molecule has 0 aliphatic heterocycles. The molecule has 7 heteroatoms. The average molecular weight is 300 g/mol. The SMILES string of the molecule is COC(=O)CCCN(C)S(=O)(=O)CCc1ccccn1. The van der Waals surface area contributed by atoms with Gasteiger partial charge < -0.3 is 4.74 Å². The summed E-state index contributed by atoms with van der Waals surface area (Å²) in [6.45, 7) is 0.305. The zero-order chi connectivity index (χ0) is 15.0. The minimum Gasteiger partial charge on any atom is -0.469 e. The van der Waals surface area contributed by atoms with Crippen LogP contribution in [0.5, 0.6) is 0 Å². The number of aromatic nitrogens is 1. The van der Waals surface area contributed by atoms with E-state index in [1.54, 1.807) is 18.3 Å². The quantitative estimate of drug-likeness (QED) is 0.665. The minimum absolute atomic E-state index is 0.0126. The van der Waals surface area contributed by atoms with E-state index < -0.39 is 10.0 Å². The lowest BCUT2D eigenvalue weighted by atomic mass is 10.3. The van der Waals surface area contributed by atoms with Crippen LogP contribution in [0.25, 0.3) is 0 Å². The van der Waals surface area contributed by atoms with E-state index in [2.05, 4.69) is 9.72 Å². The van der Waals surface area contributed by atoms with Crippen LogP contribution in [-0.4, -0.2) is 50.1 Å². The number of hydrogen-bond donors (Lipinski definition) is 0. The van der Waals surface area contributed by atoms with Gasteiger partial charge in [0.2, 0.25) is 10.0 Å². The van der Waals surface area contributed by atoms with Crippen molar-refractivity contribution in [1.29, 1.82) is 0 Å². The smallest absolute Gasteiger partial charge is 0.305 e. The van der Waals surface area contributed by atoms with Crippen LogP contribution in [-0.2, 0) is 26.0 Å². The van der Waals surface area contributed by atoms with E-state index in [0.717, 1.165) is 5.69 Å². The Bertz CT molecular complexity index is 516. The highest BCUT2D eigenvalue weighted by atomic mass is 32.2. The standard InChI is InChI=1S/C13H20N2O4S/c1-15(10-5-7-13(16)19-2)20(17,18)11-8-12-6-3-4-9-14-12/h3-4,6,9H,5,7-8,10-11H2,1-2H3. The molecule has 0 aliphatic rings. The zero-order valence-electron chi connectivity index (χ0n) is 11.8. The maximum absolute atomic E-state index is 12.0. The molecule has 0 aliphatic carbocycles. The third-order valence-corrected chi connectivity index (χ3v) is 4.75. The van der Waals surface area contributed by atoms with Gasteiger partial charge in [0.15, 0.2) is 0 Å². The maximum atomic E-state index is 12.0. The summed E-state index contributed by atoms with van der Waals surface area (Å²) in [6.07, 6.45) is 2.69. The number of nitrogens with zero attached hydrogens (tertiary/aromatic N) is 2. The summed E-state index contributed by atoms with van der Waals surface area (Å²) in [5.41, 5.74) is 0.749. The van der Waals surface area contributed by atoms with Crippen molar-refractivity contribution >= 4 is 16.0 Å². The Morgan fingerprint density at radius 1 is 1.40 bits per heavy atom. The first-order valence-electron chi connectivity index (χ1n) is 6.36.